The largest absolute Gasteiger partial charge is 0.324 e. The number of hydrogen-bond donors (Lipinski definition) is 2. The van der Waals surface area contributed by atoms with Crippen molar-refractivity contribution in [2.45, 2.75) is 34.1 Å². The lowest BCUT2D eigenvalue weighted by Crippen LogP contribution is -2.16. The third kappa shape index (κ3) is 4.85. The summed E-state index contributed by atoms with van der Waals surface area (Å²) in [6.07, 6.45) is 0.871. The first-order chi connectivity index (χ1) is 13.9. The molecule has 2 N–H and O–H groups in total. The van der Waals surface area contributed by atoms with Gasteiger partial charge in [-0.15, -0.1) is 0 Å². The van der Waals surface area contributed by atoms with Gasteiger partial charge in [-0.25, -0.2) is 9.97 Å². The first kappa shape index (κ1) is 20.2. The number of nitrogens with one attached hydrogen (secondary N) is 2. The third-order valence-electron chi connectivity index (χ3n) is 4.59. The lowest BCUT2D eigenvalue weighted by atomic mass is 10.1. The van der Waals surface area contributed by atoms with E-state index in [4.69, 9.17) is 0 Å². The fraction of sp³-hybridized carbons (Fsp3) is 0.217. The molecule has 0 saturated carbocycles. The van der Waals surface area contributed by atoms with Crippen LogP contribution in [0.5, 0.6) is 0 Å². The van der Waals surface area contributed by atoms with Crippen LogP contribution in [0.25, 0.3) is 0 Å². The number of ketones is 1. The zero-order valence-corrected chi connectivity index (χ0v) is 17.0. The Balaban J connectivity index is 1.87. The van der Waals surface area contributed by atoms with Gasteiger partial charge in [0.25, 0.3) is 5.91 Å². The Bertz CT molecular complexity index is 1080. The van der Waals surface area contributed by atoms with Crippen molar-refractivity contribution in [2.24, 2.45) is 0 Å². The van der Waals surface area contributed by atoms with Gasteiger partial charge in [-0.2, -0.15) is 0 Å². The normalized spacial score (nSPS) is 10.5. The number of carbonyl (C=O) groups excluding carboxylic acids is 2. The minimum Gasteiger partial charge on any atom is -0.324 e. The van der Waals surface area contributed by atoms with Crippen molar-refractivity contribution in [3.05, 3.63) is 76.6 Å². The summed E-state index contributed by atoms with van der Waals surface area (Å²) in [7, 11) is 0. The summed E-state index contributed by atoms with van der Waals surface area (Å²) in [6, 6.07) is 14.6. The zero-order chi connectivity index (χ0) is 21.0. The predicted octanol–water partition coefficient (Wildman–Crippen LogP) is 4.85. The van der Waals surface area contributed by atoms with Crippen LogP contribution >= 0.6 is 0 Å². The maximum atomic E-state index is 12.7. The Kier molecular flexibility index (Phi) is 6.02. The molecule has 0 bridgehead atoms. The van der Waals surface area contributed by atoms with Gasteiger partial charge >= 0.3 is 0 Å². The molecule has 1 heterocycles. The topological polar surface area (TPSA) is 84.0 Å². The smallest absolute Gasteiger partial charge is 0.274 e. The predicted molar refractivity (Wildman–Crippen MR) is 115 cm³/mol. The quantitative estimate of drug-likeness (QED) is 0.590. The average molecular weight is 388 g/mol. The highest BCUT2D eigenvalue weighted by molar-refractivity contribution is 6.04. The van der Waals surface area contributed by atoms with Gasteiger partial charge < -0.3 is 10.6 Å². The van der Waals surface area contributed by atoms with Gasteiger partial charge in [0.05, 0.1) is 0 Å². The van der Waals surface area contributed by atoms with E-state index in [0.717, 1.165) is 23.2 Å². The highest BCUT2D eigenvalue weighted by Crippen LogP contribution is 2.24. The summed E-state index contributed by atoms with van der Waals surface area (Å²) in [5.41, 5.74) is 5.21. The Hall–Kier alpha value is -3.54. The molecule has 3 rings (SSSR count). The summed E-state index contributed by atoms with van der Waals surface area (Å²) in [5, 5.41) is 6.07. The first-order valence-corrected chi connectivity index (χ1v) is 9.51. The summed E-state index contributed by atoms with van der Waals surface area (Å²) < 4.78 is 0. The molecule has 0 saturated heterocycles. The highest BCUT2D eigenvalue weighted by Gasteiger charge is 2.13. The van der Waals surface area contributed by atoms with Crippen LogP contribution in [0, 0.1) is 13.8 Å². The lowest BCUT2D eigenvalue weighted by molar-refractivity contribution is 0.100. The number of nitrogens with zero attached hydrogens (tertiary/aromatic N) is 2. The molecule has 0 aliphatic rings. The molecular weight excluding hydrogens is 364 g/mol. The van der Waals surface area contributed by atoms with Crippen molar-refractivity contribution < 1.29 is 9.59 Å². The van der Waals surface area contributed by atoms with Crippen molar-refractivity contribution >= 4 is 29.0 Å². The number of hydrogen-bond acceptors (Lipinski definition) is 5. The SMILES string of the molecule is CCc1cccc(C)c1Nc1nc(C)cc(C(=O)Nc2cccc(C(C)=O)c2)n1. The molecule has 1 amide bonds. The number of rotatable bonds is 6. The first-order valence-electron chi connectivity index (χ1n) is 9.51. The van der Waals surface area contributed by atoms with E-state index in [9.17, 15) is 9.59 Å². The molecule has 0 unspecified atom stereocenters. The zero-order valence-electron chi connectivity index (χ0n) is 17.0. The number of Topliss-reactive ketones (excluding diaryl/α,β-unsaturated/α-hetero) is 1. The van der Waals surface area contributed by atoms with Crippen molar-refractivity contribution in [3.8, 4) is 0 Å². The standard InChI is InChI=1S/C23H24N4O2/c1-5-17-9-6-8-14(2)21(17)27-23-24-15(3)12-20(26-23)22(29)25-19-11-7-10-18(13-19)16(4)28/h6-13H,5H2,1-4H3,(H,25,29)(H,24,26,27). The van der Waals surface area contributed by atoms with Crippen LogP contribution in [0.3, 0.4) is 0 Å². The molecule has 0 atom stereocenters. The molecule has 0 aliphatic carbocycles. The van der Waals surface area contributed by atoms with Gasteiger partial charge in [-0.3, -0.25) is 9.59 Å². The van der Waals surface area contributed by atoms with Crippen LogP contribution in [0.15, 0.2) is 48.5 Å². The monoisotopic (exact) mass is 388 g/mol. The summed E-state index contributed by atoms with van der Waals surface area (Å²) in [4.78, 5) is 33.1. The molecule has 0 spiro atoms. The Morgan fingerprint density at radius 2 is 1.76 bits per heavy atom. The van der Waals surface area contributed by atoms with Crippen LogP contribution in [0.4, 0.5) is 17.3 Å². The molecule has 1 aromatic heterocycles. The molecule has 0 aliphatic heterocycles. The molecule has 29 heavy (non-hydrogen) atoms. The second-order valence-corrected chi connectivity index (χ2v) is 6.90. The minimum absolute atomic E-state index is 0.0598. The number of benzene rings is 2. The Morgan fingerprint density at radius 1 is 1.00 bits per heavy atom. The summed E-state index contributed by atoms with van der Waals surface area (Å²) >= 11 is 0. The number of amides is 1. The van der Waals surface area contributed by atoms with Gasteiger partial charge in [0.15, 0.2) is 5.78 Å². The van der Waals surface area contributed by atoms with Crippen molar-refractivity contribution in [1.82, 2.24) is 9.97 Å². The van der Waals surface area contributed by atoms with E-state index < -0.39 is 0 Å². The average Bonchev–Trinajstić information content (AvgIpc) is 2.69. The molecule has 6 heteroatoms. The van der Waals surface area contributed by atoms with Crippen molar-refractivity contribution in [1.29, 1.82) is 0 Å². The Labute approximate surface area is 170 Å². The molecule has 0 fully saturated rings. The van der Waals surface area contributed by atoms with E-state index in [1.54, 1.807) is 30.3 Å². The lowest BCUT2D eigenvalue weighted by Gasteiger charge is -2.14. The second kappa shape index (κ2) is 8.65. The molecule has 0 radical (unpaired) electrons. The van der Waals surface area contributed by atoms with Crippen molar-refractivity contribution in [2.75, 3.05) is 10.6 Å². The van der Waals surface area contributed by atoms with E-state index >= 15 is 0 Å². The molecule has 3 aromatic rings. The van der Waals surface area contributed by atoms with E-state index in [-0.39, 0.29) is 17.4 Å². The number of aromatic nitrogens is 2. The van der Waals surface area contributed by atoms with E-state index in [1.807, 2.05) is 26.0 Å². The number of aryl methyl sites for hydroxylation is 3. The highest BCUT2D eigenvalue weighted by atomic mass is 16.2. The van der Waals surface area contributed by atoms with Crippen LogP contribution in [0.2, 0.25) is 0 Å². The van der Waals surface area contributed by atoms with Crippen LogP contribution in [0.1, 0.15) is 51.5 Å². The van der Waals surface area contributed by atoms with Gasteiger partial charge in [0.1, 0.15) is 5.69 Å². The fourth-order valence-corrected chi connectivity index (χ4v) is 3.07. The van der Waals surface area contributed by atoms with E-state index in [0.29, 0.717) is 22.9 Å². The molecular formula is C23H24N4O2. The van der Waals surface area contributed by atoms with Crippen LogP contribution in [-0.2, 0) is 6.42 Å². The Morgan fingerprint density at radius 3 is 2.48 bits per heavy atom. The number of carbonyl (C=O) groups is 2. The minimum atomic E-state index is -0.361. The van der Waals surface area contributed by atoms with E-state index in [1.165, 1.54) is 6.92 Å². The van der Waals surface area contributed by atoms with Crippen LogP contribution < -0.4 is 10.6 Å². The molecule has 148 valence electrons. The molecule has 2 aromatic carbocycles. The van der Waals surface area contributed by atoms with Crippen molar-refractivity contribution in [3.63, 3.8) is 0 Å². The maximum Gasteiger partial charge on any atom is 0.274 e. The van der Waals surface area contributed by atoms with Gasteiger partial charge in [0, 0.05) is 22.6 Å². The van der Waals surface area contributed by atoms with E-state index in [2.05, 4.69) is 33.6 Å². The third-order valence-corrected chi connectivity index (χ3v) is 4.59. The number of anilines is 3. The molecule has 6 nitrogen and oxygen atoms in total. The van der Waals surface area contributed by atoms with Gasteiger partial charge in [0.2, 0.25) is 5.95 Å². The fourth-order valence-electron chi connectivity index (χ4n) is 3.07. The summed E-state index contributed by atoms with van der Waals surface area (Å²) in [5.74, 6) is -0.0492. The van der Waals surface area contributed by atoms with Crippen LogP contribution in [-0.4, -0.2) is 21.7 Å². The van der Waals surface area contributed by atoms with Gasteiger partial charge in [-0.05, 0) is 56.5 Å². The summed E-state index contributed by atoms with van der Waals surface area (Å²) in [6.45, 7) is 7.42. The van der Waals surface area contributed by atoms with Gasteiger partial charge in [-0.1, -0.05) is 37.3 Å². The second-order valence-electron chi connectivity index (χ2n) is 6.90. The maximum absolute atomic E-state index is 12.7. The number of para-hydroxylation sites is 1.